The average molecular weight is 476 g/mol. The molecule has 0 saturated heterocycles. The van der Waals surface area contributed by atoms with Crippen LogP contribution in [0.4, 0.5) is 0 Å². The number of hydrogen-bond acceptors (Lipinski definition) is 3. The molecule has 0 bridgehead atoms. The molecule has 0 radical (unpaired) electrons. The van der Waals surface area contributed by atoms with Gasteiger partial charge in [0.05, 0.1) is 13.7 Å². The number of nitrogens with zero attached hydrogens (tertiary/aromatic N) is 3. The van der Waals surface area contributed by atoms with E-state index in [4.69, 9.17) is 4.74 Å². The van der Waals surface area contributed by atoms with Gasteiger partial charge in [-0.2, -0.15) is 0 Å². The summed E-state index contributed by atoms with van der Waals surface area (Å²) in [5.74, 6) is 0.591. The van der Waals surface area contributed by atoms with E-state index in [1.807, 2.05) is 99.5 Å². The van der Waals surface area contributed by atoms with Gasteiger partial charge in [0.1, 0.15) is 12.3 Å². The summed E-state index contributed by atoms with van der Waals surface area (Å²) in [6.45, 7) is 9.32. The Balaban J connectivity index is 1.83. The van der Waals surface area contributed by atoms with Gasteiger partial charge in [-0.3, -0.25) is 9.59 Å². The molecule has 0 fully saturated rings. The lowest BCUT2D eigenvalue weighted by atomic mass is 10.1. The number of ether oxygens (including phenoxy) is 1. The lowest BCUT2D eigenvalue weighted by Gasteiger charge is -2.31. The van der Waals surface area contributed by atoms with Gasteiger partial charge in [-0.05, 0) is 49.2 Å². The van der Waals surface area contributed by atoms with E-state index in [9.17, 15) is 9.59 Å². The van der Waals surface area contributed by atoms with E-state index in [1.165, 1.54) is 0 Å². The minimum atomic E-state index is -0.159. The quantitative estimate of drug-likeness (QED) is 0.394. The van der Waals surface area contributed by atoms with Crippen LogP contribution in [0, 0.1) is 5.92 Å². The largest absolute Gasteiger partial charge is 0.497 e. The fourth-order valence-electron chi connectivity index (χ4n) is 4.04. The van der Waals surface area contributed by atoms with Crippen LogP contribution in [0.1, 0.15) is 44.5 Å². The van der Waals surface area contributed by atoms with E-state index in [0.29, 0.717) is 19.6 Å². The highest BCUT2D eigenvalue weighted by Gasteiger charge is 2.25. The van der Waals surface area contributed by atoms with Crippen molar-refractivity contribution in [1.29, 1.82) is 0 Å². The maximum Gasteiger partial charge on any atom is 0.242 e. The van der Waals surface area contributed by atoms with Crippen molar-refractivity contribution in [2.24, 2.45) is 5.92 Å². The molecule has 35 heavy (non-hydrogen) atoms. The van der Waals surface area contributed by atoms with E-state index in [-0.39, 0.29) is 30.3 Å². The molecule has 0 aliphatic carbocycles. The molecule has 0 N–H and O–H groups in total. The van der Waals surface area contributed by atoms with Crippen LogP contribution >= 0.6 is 0 Å². The van der Waals surface area contributed by atoms with E-state index in [0.717, 1.165) is 22.6 Å². The predicted octanol–water partition coefficient (Wildman–Crippen LogP) is 4.97. The molecule has 0 aliphatic heterocycles. The minimum Gasteiger partial charge on any atom is -0.497 e. The Hall–Kier alpha value is -3.54. The van der Waals surface area contributed by atoms with Crippen molar-refractivity contribution >= 4 is 11.8 Å². The summed E-state index contributed by atoms with van der Waals surface area (Å²) in [7, 11) is 1.66. The highest BCUT2D eigenvalue weighted by molar-refractivity contribution is 5.86. The first-order valence-corrected chi connectivity index (χ1v) is 12.2. The van der Waals surface area contributed by atoms with E-state index in [2.05, 4.69) is 10.6 Å². The summed E-state index contributed by atoms with van der Waals surface area (Å²) in [5, 5.41) is 0. The summed E-state index contributed by atoms with van der Waals surface area (Å²) in [6.07, 6.45) is 2.03. The Bertz CT molecular complexity index is 1110. The van der Waals surface area contributed by atoms with Crippen LogP contribution < -0.4 is 4.74 Å². The molecule has 1 heterocycles. The topological polar surface area (TPSA) is 54.8 Å². The SMILES string of the molecule is COc1cccc(Cn2cccc2CN(Cc2ccccc2)C(=O)CN(C(=O)C(C)C)C(C)C)c1. The highest BCUT2D eigenvalue weighted by atomic mass is 16.5. The molecule has 1 aromatic heterocycles. The molecule has 186 valence electrons. The fourth-order valence-corrected chi connectivity index (χ4v) is 4.04. The third-order valence-electron chi connectivity index (χ3n) is 6.04. The molecule has 0 atom stereocenters. The molecular formula is C29H37N3O3. The number of methoxy groups -OCH3 is 1. The van der Waals surface area contributed by atoms with Gasteiger partial charge >= 0.3 is 0 Å². The van der Waals surface area contributed by atoms with Crippen molar-refractivity contribution in [1.82, 2.24) is 14.4 Å². The summed E-state index contributed by atoms with van der Waals surface area (Å²) in [6, 6.07) is 22.0. The second-order valence-electron chi connectivity index (χ2n) is 9.43. The zero-order valence-electron chi connectivity index (χ0n) is 21.5. The summed E-state index contributed by atoms with van der Waals surface area (Å²) in [5.41, 5.74) is 3.21. The average Bonchev–Trinajstić information content (AvgIpc) is 3.28. The number of amides is 2. The maximum atomic E-state index is 13.6. The van der Waals surface area contributed by atoms with Gasteiger partial charge < -0.3 is 19.1 Å². The van der Waals surface area contributed by atoms with Gasteiger partial charge in [-0.25, -0.2) is 0 Å². The zero-order chi connectivity index (χ0) is 25.4. The maximum absolute atomic E-state index is 13.6. The van der Waals surface area contributed by atoms with Crippen LogP contribution in [0.5, 0.6) is 5.75 Å². The molecular weight excluding hydrogens is 438 g/mol. The summed E-state index contributed by atoms with van der Waals surface area (Å²) >= 11 is 0. The van der Waals surface area contributed by atoms with Gasteiger partial charge in [0.25, 0.3) is 0 Å². The molecule has 0 spiro atoms. The van der Waals surface area contributed by atoms with E-state index in [1.54, 1.807) is 12.0 Å². The number of carbonyl (C=O) groups is 2. The lowest BCUT2D eigenvalue weighted by molar-refractivity contribution is -0.144. The summed E-state index contributed by atoms with van der Waals surface area (Å²) < 4.78 is 7.52. The van der Waals surface area contributed by atoms with Gasteiger partial charge in [-0.15, -0.1) is 0 Å². The third kappa shape index (κ3) is 7.22. The normalized spacial score (nSPS) is 11.1. The zero-order valence-corrected chi connectivity index (χ0v) is 21.5. The first-order chi connectivity index (χ1) is 16.8. The Morgan fingerprint density at radius 3 is 2.26 bits per heavy atom. The van der Waals surface area contributed by atoms with Crippen LogP contribution in [0.2, 0.25) is 0 Å². The van der Waals surface area contributed by atoms with Crippen molar-refractivity contribution in [3.8, 4) is 5.75 Å². The Kier molecular flexibility index (Phi) is 9.12. The number of carbonyl (C=O) groups excluding carboxylic acids is 2. The molecule has 6 nitrogen and oxygen atoms in total. The van der Waals surface area contributed by atoms with Crippen molar-refractivity contribution in [2.75, 3.05) is 13.7 Å². The van der Waals surface area contributed by atoms with Gasteiger partial charge in [0, 0.05) is 36.9 Å². The Labute approximate surface area is 209 Å². The molecule has 6 heteroatoms. The predicted molar refractivity (Wildman–Crippen MR) is 139 cm³/mol. The Morgan fingerprint density at radius 2 is 1.60 bits per heavy atom. The van der Waals surface area contributed by atoms with Crippen LogP contribution in [-0.2, 0) is 29.2 Å². The molecule has 0 unspecified atom stereocenters. The molecule has 0 aliphatic rings. The van der Waals surface area contributed by atoms with Crippen molar-refractivity contribution in [3.63, 3.8) is 0 Å². The first-order valence-electron chi connectivity index (χ1n) is 12.2. The van der Waals surface area contributed by atoms with Crippen LogP contribution in [0.3, 0.4) is 0 Å². The van der Waals surface area contributed by atoms with Crippen LogP contribution in [-0.4, -0.2) is 45.9 Å². The van der Waals surface area contributed by atoms with E-state index >= 15 is 0 Å². The molecule has 0 saturated carbocycles. The van der Waals surface area contributed by atoms with Gasteiger partial charge in [-0.1, -0.05) is 56.3 Å². The van der Waals surface area contributed by atoms with Crippen molar-refractivity contribution < 1.29 is 14.3 Å². The molecule has 2 amide bonds. The highest BCUT2D eigenvalue weighted by Crippen LogP contribution is 2.18. The second kappa shape index (κ2) is 12.2. The third-order valence-corrected chi connectivity index (χ3v) is 6.04. The fraction of sp³-hybridized carbons (Fsp3) is 0.379. The van der Waals surface area contributed by atoms with Crippen molar-refractivity contribution in [3.05, 3.63) is 89.7 Å². The summed E-state index contributed by atoms with van der Waals surface area (Å²) in [4.78, 5) is 29.9. The van der Waals surface area contributed by atoms with Gasteiger partial charge in [0.15, 0.2) is 0 Å². The van der Waals surface area contributed by atoms with Crippen LogP contribution in [0.15, 0.2) is 72.9 Å². The standard InChI is InChI=1S/C29H37N3O3/c1-22(2)29(34)32(23(3)4)21-28(33)31(18-24-11-7-6-8-12-24)20-26-14-10-16-30(26)19-25-13-9-15-27(17-25)35-5/h6-17,22-23H,18-21H2,1-5H3. The lowest BCUT2D eigenvalue weighted by Crippen LogP contribution is -2.47. The molecule has 3 aromatic rings. The monoisotopic (exact) mass is 475 g/mol. The number of benzene rings is 2. The minimum absolute atomic E-state index is 0.00517. The van der Waals surface area contributed by atoms with E-state index < -0.39 is 0 Å². The second-order valence-corrected chi connectivity index (χ2v) is 9.43. The Morgan fingerprint density at radius 1 is 0.886 bits per heavy atom. The van der Waals surface area contributed by atoms with Gasteiger partial charge in [0.2, 0.25) is 11.8 Å². The smallest absolute Gasteiger partial charge is 0.242 e. The molecule has 3 rings (SSSR count). The van der Waals surface area contributed by atoms with Crippen LogP contribution in [0.25, 0.3) is 0 Å². The number of hydrogen-bond donors (Lipinski definition) is 0. The van der Waals surface area contributed by atoms with Crippen molar-refractivity contribution in [2.45, 2.75) is 53.4 Å². The first kappa shape index (κ1) is 26.1. The molecule has 2 aromatic carbocycles. The number of aromatic nitrogens is 1. The number of rotatable bonds is 11.